The smallest absolute Gasteiger partial charge is 0.0111 e. The molecule has 106 valence electrons. The molecule has 1 aliphatic carbocycles. The Balaban J connectivity index is 1.70. The van der Waals surface area contributed by atoms with Crippen LogP contribution in [0.25, 0.3) is 0 Å². The molecule has 1 saturated heterocycles. The SMILES string of the molecule is CCNC1CCC(N2CCC(CN(C)C)CC2)C1. The summed E-state index contributed by atoms with van der Waals surface area (Å²) in [7, 11) is 4.40. The molecule has 0 aromatic carbocycles. The topological polar surface area (TPSA) is 18.5 Å². The molecule has 0 spiro atoms. The van der Waals surface area contributed by atoms with E-state index in [2.05, 4.69) is 36.1 Å². The van der Waals surface area contributed by atoms with E-state index in [4.69, 9.17) is 0 Å². The molecule has 2 rings (SSSR count). The molecule has 2 atom stereocenters. The Morgan fingerprint density at radius 1 is 1.11 bits per heavy atom. The Morgan fingerprint density at radius 3 is 2.44 bits per heavy atom. The number of likely N-dealkylation sites (tertiary alicyclic amines) is 1. The fourth-order valence-electron chi connectivity index (χ4n) is 3.78. The molecule has 3 heteroatoms. The summed E-state index contributed by atoms with van der Waals surface area (Å²) in [6.45, 7) is 7.30. The molecule has 1 aliphatic heterocycles. The second kappa shape index (κ2) is 6.88. The minimum absolute atomic E-state index is 0.791. The zero-order valence-corrected chi connectivity index (χ0v) is 12.5. The maximum Gasteiger partial charge on any atom is 0.0111 e. The van der Waals surface area contributed by atoms with E-state index in [0.717, 1.165) is 24.5 Å². The standard InChI is InChI=1S/C15H31N3/c1-4-16-14-5-6-15(11-14)18-9-7-13(8-10-18)12-17(2)3/h13-16H,4-12H2,1-3H3. The molecule has 0 aromatic rings. The third kappa shape index (κ3) is 3.94. The summed E-state index contributed by atoms with van der Waals surface area (Å²) in [5.41, 5.74) is 0. The molecule has 2 fully saturated rings. The first-order chi connectivity index (χ1) is 8.69. The van der Waals surface area contributed by atoms with Gasteiger partial charge >= 0.3 is 0 Å². The number of hydrogen-bond donors (Lipinski definition) is 1. The van der Waals surface area contributed by atoms with Gasteiger partial charge in [-0.1, -0.05) is 6.92 Å². The van der Waals surface area contributed by atoms with Gasteiger partial charge in [0.2, 0.25) is 0 Å². The molecular formula is C15H31N3. The summed E-state index contributed by atoms with van der Waals surface area (Å²) >= 11 is 0. The van der Waals surface area contributed by atoms with Gasteiger partial charge in [0.15, 0.2) is 0 Å². The first kappa shape index (κ1) is 14.3. The van der Waals surface area contributed by atoms with Crippen LogP contribution >= 0.6 is 0 Å². The van der Waals surface area contributed by atoms with Crippen molar-refractivity contribution in [2.45, 2.75) is 51.1 Å². The van der Waals surface area contributed by atoms with E-state index in [9.17, 15) is 0 Å². The maximum atomic E-state index is 3.62. The van der Waals surface area contributed by atoms with Crippen molar-refractivity contribution in [1.82, 2.24) is 15.1 Å². The Kier molecular flexibility index (Phi) is 5.46. The predicted octanol–water partition coefficient (Wildman–Crippen LogP) is 1.79. The lowest BCUT2D eigenvalue weighted by atomic mass is 9.95. The second-order valence-corrected chi connectivity index (χ2v) is 6.46. The van der Waals surface area contributed by atoms with Crippen LogP contribution in [0, 0.1) is 5.92 Å². The molecular weight excluding hydrogens is 222 g/mol. The van der Waals surface area contributed by atoms with Crippen LogP contribution in [-0.4, -0.2) is 62.2 Å². The van der Waals surface area contributed by atoms with Gasteiger partial charge in [-0.2, -0.15) is 0 Å². The van der Waals surface area contributed by atoms with Crippen molar-refractivity contribution < 1.29 is 0 Å². The molecule has 1 N–H and O–H groups in total. The van der Waals surface area contributed by atoms with Crippen molar-refractivity contribution in [3.8, 4) is 0 Å². The summed E-state index contributed by atoms with van der Waals surface area (Å²) in [6.07, 6.45) is 6.99. The van der Waals surface area contributed by atoms with Gasteiger partial charge in [0, 0.05) is 18.6 Å². The van der Waals surface area contributed by atoms with E-state index in [1.807, 2.05) is 0 Å². The Hall–Kier alpha value is -0.120. The Bertz CT molecular complexity index is 234. The third-order valence-corrected chi connectivity index (χ3v) is 4.69. The van der Waals surface area contributed by atoms with Crippen molar-refractivity contribution in [3.05, 3.63) is 0 Å². The van der Waals surface area contributed by atoms with Crippen molar-refractivity contribution in [2.24, 2.45) is 5.92 Å². The van der Waals surface area contributed by atoms with E-state index in [1.54, 1.807) is 0 Å². The largest absolute Gasteiger partial charge is 0.314 e. The zero-order valence-electron chi connectivity index (χ0n) is 12.5. The van der Waals surface area contributed by atoms with E-state index < -0.39 is 0 Å². The molecule has 3 nitrogen and oxygen atoms in total. The molecule has 0 amide bonds. The monoisotopic (exact) mass is 253 g/mol. The summed E-state index contributed by atoms with van der Waals surface area (Å²) in [5, 5.41) is 3.62. The number of hydrogen-bond acceptors (Lipinski definition) is 3. The van der Waals surface area contributed by atoms with Crippen LogP contribution in [0.15, 0.2) is 0 Å². The first-order valence-corrected chi connectivity index (χ1v) is 7.81. The van der Waals surface area contributed by atoms with Crippen LogP contribution in [0.2, 0.25) is 0 Å². The van der Waals surface area contributed by atoms with Crippen molar-refractivity contribution in [3.63, 3.8) is 0 Å². The van der Waals surface area contributed by atoms with Crippen molar-refractivity contribution in [2.75, 3.05) is 40.3 Å². The van der Waals surface area contributed by atoms with Crippen LogP contribution in [0.5, 0.6) is 0 Å². The molecule has 1 heterocycles. The highest BCUT2D eigenvalue weighted by atomic mass is 15.2. The van der Waals surface area contributed by atoms with Crippen molar-refractivity contribution in [1.29, 1.82) is 0 Å². The zero-order chi connectivity index (χ0) is 13.0. The molecule has 18 heavy (non-hydrogen) atoms. The van der Waals surface area contributed by atoms with Gasteiger partial charge in [-0.15, -0.1) is 0 Å². The summed E-state index contributed by atoms with van der Waals surface area (Å²) in [4.78, 5) is 5.11. The molecule has 0 radical (unpaired) electrons. The maximum absolute atomic E-state index is 3.62. The van der Waals surface area contributed by atoms with Crippen LogP contribution in [0.3, 0.4) is 0 Å². The molecule has 2 unspecified atom stereocenters. The van der Waals surface area contributed by atoms with Crippen LogP contribution in [0.1, 0.15) is 39.0 Å². The van der Waals surface area contributed by atoms with Crippen LogP contribution < -0.4 is 5.32 Å². The second-order valence-electron chi connectivity index (χ2n) is 6.46. The number of nitrogens with zero attached hydrogens (tertiary/aromatic N) is 2. The lowest BCUT2D eigenvalue weighted by Gasteiger charge is -2.37. The minimum atomic E-state index is 0.791. The summed E-state index contributed by atoms with van der Waals surface area (Å²) in [5.74, 6) is 0.933. The molecule has 2 aliphatic rings. The lowest BCUT2D eigenvalue weighted by Crippen LogP contribution is -2.42. The predicted molar refractivity (Wildman–Crippen MR) is 78.0 cm³/mol. The van der Waals surface area contributed by atoms with E-state index in [-0.39, 0.29) is 0 Å². The van der Waals surface area contributed by atoms with E-state index in [0.29, 0.717) is 0 Å². The number of nitrogens with one attached hydrogen (secondary N) is 1. The van der Waals surface area contributed by atoms with Crippen molar-refractivity contribution >= 4 is 0 Å². The van der Waals surface area contributed by atoms with E-state index >= 15 is 0 Å². The molecule has 0 aromatic heterocycles. The molecule has 1 saturated carbocycles. The van der Waals surface area contributed by atoms with Gasteiger partial charge < -0.3 is 15.1 Å². The summed E-state index contributed by atoms with van der Waals surface area (Å²) < 4.78 is 0. The summed E-state index contributed by atoms with van der Waals surface area (Å²) in [6, 6.07) is 1.66. The van der Waals surface area contributed by atoms with Crippen LogP contribution in [0.4, 0.5) is 0 Å². The minimum Gasteiger partial charge on any atom is -0.314 e. The Morgan fingerprint density at radius 2 is 1.83 bits per heavy atom. The first-order valence-electron chi connectivity index (χ1n) is 7.81. The fraction of sp³-hybridized carbons (Fsp3) is 1.00. The van der Waals surface area contributed by atoms with Gasteiger partial charge in [-0.05, 0) is 71.8 Å². The fourth-order valence-corrected chi connectivity index (χ4v) is 3.78. The van der Waals surface area contributed by atoms with Crippen LogP contribution in [-0.2, 0) is 0 Å². The number of rotatable bonds is 5. The van der Waals surface area contributed by atoms with Gasteiger partial charge in [0.25, 0.3) is 0 Å². The van der Waals surface area contributed by atoms with E-state index in [1.165, 1.54) is 51.7 Å². The quantitative estimate of drug-likeness (QED) is 0.806. The molecule has 0 bridgehead atoms. The van der Waals surface area contributed by atoms with Gasteiger partial charge in [-0.3, -0.25) is 0 Å². The van der Waals surface area contributed by atoms with Gasteiger partial charge in [0.1, 0.15) is 0 Å². The normalized spacial score (nSPS) is 31.3. The van der Waals surface area contributed by atoms with Gasteiger partial charge in [-0.25, -0.2) is 0 Å². The number of piperidine rings is 1. The highest BCUT2D eigenvalue weighted by molar-refractivity contribution is 4.88. The third-order valence-electron chi connectivity index (χ3n) is 4.69. The highest BCUT2D eigenvalue weighted by Crippen LogP contribution is 2.28. The lowest BCUT2D eigenvalue weighted by molar-refractivity contribution is 0.120. The van der Waals surface area contributed by atoms with Gasteiger partial charge in [0.05, 0.1) is 0 Å². The Labute approximate surface area is 113 Å². The average Bonchev–Trinajstić information content (AvgIpc) is 2.78. The highest BCUT2D eigenvalue weighted by Gasteiger charge is 2.31. The average molecular weight is 253 g/mol.